The summed E-state index contributed by atoms with van der Waals surface area (Å²) in [4.78, 5) is 30.3. The van der Waals surface area contributed by atoms with Crippen LogP contribution in [0.1, 0.15) is 27.2 Å². The van der Waals surface area contributed by atoms with Gasteiger partial charge in [0.05, 0.1) is 12.7 Å². The monoisotopic (exact) mass is 338 g/mol. The zero-order chi connectivity index (χ0) is 17.8. The zero-order valence-corrected chi connectivity index (χ0v) is 14.1. The Hall–Kier alpha value is -3.15. The fraction of sp³-hybridized carbons (Fsp3) is 0.211. The summed E-state index contributed by atoms with van der Waals surface area (Å²) in [6, 6.07) is 11.1. The summed E-state index contributed by atoms with van der Waals surface area (Å²) in [6.07, 6.45) is 3.05. The van der Waals surface area contributed by atoms with E-state index in [1.54, 1.807) is 25.1 Å². The number of nitrogens with zero attached hydrogens (tertiary/aromatic N) is 2. The first-order chi connectivity index (χ1) is 12.1. The minimum absolute atomic E-state index is 0.172. The van der Waals surface area contributed by atoms with Crippen molar-refractivity contribution in [2.75, 3.05) is 18.6 Å². The topological polar surface area (TPSA) is 68.7 Å². The normalized spacial score (nSPS) is 12.5. The standard InChI is InChI=1S/C19H18N2O4/c1-13-11-16(18(22)24-2)15-9-6-10-21(17(15)20-13)19(23)25-12-14-7-4-3-5-8-14/h3-9,11H,10,12H2,1-2H3. The van der Waals surface area contributed by atoms with Crippen molar-refractivity contribution in [3.05, 3.63) is 64.9 Å². The average Bonchev–Trinajstić information content (AvgIpc) is 2.65. The van der Waals surface area contributed by atoms with Crippen LogP contribution in [-0.4, -0.2) is 30.7 Å². The molecule has 6 nitrogen and oxygen atoms in total. The Morgan fingerprint density at radius 3 is 2.72 bits per heavy atom. The maximum Gasteiger partial charge on any atom is 0.416 e. The van der Waals surface area contributed by atoms with Crippen LogP contribution in [-0.2, 0) is 16.1 Å². The van der Waals surface area contributed by atoms with E-state index in [4.69, 9.17) is 9.47 Å². The number of methoxy groups -OCH3 is 1. The van der Waals surface area contributed by atoms with Crippen molar-refractivity contribution in [3.8, 4) is 0 Å². The van der Waals surface area contributed by atoms with Gasteiger partial charge >= 0.3 is 12.1 Å². The van der Waals surface area contributed by atoms with Gasteiger partial charge in [0, 0.05) is 17.8 Å². The molecule has 3 rings (SSSR count). The molecule has 1 aliphatic heterocycles. The van der Waals surface area contributed by atoms with Gasteiger partial charge < -0.3 is 9.47 Å². The Morgan fingerprint density at radius 2 is 2.00 bits per heavy atom. The molecule has 0 spiro atoms. The Labute approximate surface area is 145 Å². The lowest BCUT2D eigenvalue weighted by molar-refractivity contribution is 0.0600. The molecule has 0 saturated heterocycles. The van der Waals surface area contributed by atoms with E-state index in [2.05, 4.69) is 4.98 Å². The maximum absolute atomic E-state index is 12.5. The fourth-order valence-electron chi connectivity index (χ4n) is 2.64. The van der Waals surface area contributed by atoms with Crippen LogP contribution in [0.15, 0.2) is 42.5 Å². The molecule has 1 aliphatic rings. The summed E-state index contributed by atoms with van der Waals surface area (Å²) in [5.41, 5.74) is 2.45. The summed E-state index contributed by atoms with van der Waals surface area (Å²) in [5.74, 6) is -0.0631. The second kappa shape index (κ2) is 7.17. The summed E-state index contributed by atoms with van der Waals surface area (Å²) < 4.78 is 10.2. The number of amides is 1. The van der Waals surface area contributed by atoms with Crippen LogP contribution in [0, 0.1) is 6.92 Å². The van der Waals surface area contributed by atoms with E-state index in [-0.39, 0.29) is 6.61 Å². The zero-order valence-electron chi connectivity index (χ0n) is 14.1. The number of pyridine rings is 1. The fourth-order valence-corrected chi connectivity index (χ4v) is 2.64. The number of aryl methyl sites for hydroxylation is 1. The van der Waals surface area contributed by atoms with Gasteiger partial charge in [0.2, 0.25) is 0 Å². The van der Waals surface area contributed by atoms with E-state index < -0.39 is 12.1 Å². The van der Waals surface area contributed by atoms with Crippen molar-refractivity contribution in [2.45, 2.75) is 13.5 Å². The highest BCUT2D eigenvalue weighted by molar-refractivity contribution is 5.99. The number of anilines is 1. The quantitative estimate of drug-likeness (QED) is 0.803. The number of hydrogen-bond acceptors (Lipinski definition) is 5. The van der Waals surface area contributed by atoms with Crippen molar-refractivity contribution in [1.29, 1.82) is 0 Å². The van der Waals surface area contributed by atoms with E-state index in [0.717, 1.165) is 5.56 Å². The number of carbonyl (C=O) groups is 2. The SMILES string of the molecule is COC(=O)c1cc(C)nc2c1C=CCN2C(=O)OCc1ccccc1. The minimum atomic E-state index is -0.511. The Morgan fingerprint density at radius 1 is 1.24 bits per heavy atom. The molecule has 1 aromatic heterocycles. The van der Waals surface area contributed by atoms with Crippen LogP contribution in [0.4, 0.5) is 10.6 Å². The van der Waals surface area contributed by atoms with Crippen molar-refractivity contribution >= 4 is 24.0 Å². The summed E-state index contributed by atoms with van der Waals surface area (Å²) in [5, 5.41) is 0. The van der Waals surface area contributed by atoms with Crippen LogP contribution in [0.3, 0.4) is 0 Å². The highest BCUT2D eigenvalue weighted by Gasteiger charge is 2.27. The van der Waals surface area contributed by atoms with Crippen LogP contribution >= 0.6 is 0 Å². The summed E-state index contributed by atoms with van der Waals surface area (Å²) >= 11 is 0. The van der Waals surface area contributed by atoms with Gasteiger partial charge in [-0.25, -0.2) is 14.6 Å². The minimum Gasteiger partial charge on any atom is -0.465 e. The molecule has 6 heteroatoms. The molecule has 0 radical (unpaired) electrons. The molecule has 0 N–H and O–H groups in total. The third kappa shape index (κ3) is 3.52. The molecular formula is C19H18N2O4. The molecule has 25 heavy (non-hydrogen) atoms. The number of carbonyl (C=O) groups excluding carboxylic acids is 2. The molecule has 0 aliphatic carbocycles. The molecule has 1 aromatic carbocycles. The highest BCUT2D eigenvalue weighted by Crippen LogP contribution is 2.29. The average molecular weight is 338 g/mol. The van der Waals surface area contributed by atoms with Gasteiger partial charge in [-0.3, -0.25) is 4.90 Å². The molecule has 2 aromatic rings. The second-order valence-corrected chi connectivity index (χ2v) is 5.59. The van der Waals surface area contributed by atoms with Crippen LogP contribution in [0.25, 0.3) is 6.08 Å². The van der Waals surface area contributed by atoms with Gasteiger partial charge in [-0.1, -0.05) is 42.5 Å². The maximum atomic E-state index is 12.5. The lowest BCUT2D eigenvalue weighted by atomic mass is 10.0. The molecular weight excluding hydrogens is 320 g/mol. The van der Waals surface area contributed by atoms with Crippen molar-refractivity contribution in [1.82, 2.24) is 4.98 Å². The van der Waals surface area contributed by atoms with Crippen molar-refractivity contribution < 1.29 is 19.1 Å². The molecule has 0 saturated carbocycles. The Kier molecular flexibility index (Phi) is 4.79. The van der Waals surface area contributed by atoms with Crippen LogP contribution in [0.5, 0.6) is 0 Å². The molecule has 128 valence electrons. The number of rotatable bonds is 3. The first kappa shape index (κ1) is 16.7. The lowest BCUT2D eigenvalue weighted by Gasteiger charge is -2.25. The number of hydrogen-bond donors (Lipinski definition) is 0. The van der Waals surface area contributed by atoms with Crippen molar-refractivity contribution in [2.24, 2.45) is 0 Å². The van der Waals surface area contributed by atoms with E-state index in [9.17, 15) is 9.59 Å². The summed E-state index contributed by atoms with van der Waals surface area (Å²) in [6.45, 7) is 2.26. The molecule has 0 unspecified atom stereocenters. The second-order valence-electron chi connectivity index (χ2n) is 5.59. The lowest BCUT2D eigenvalue weighted by Crippen LogP contribution is -2.35. The van der Waals surface area contributed by atoms with Gasteiger partial charge in [0.1, 0.15) is 12.4 Å². The molecule has 0 bridgehead atoms. The summed E-state index contributed by atoms with van der Waals surface area (Å²) in [7, 11) is 1.32. The number of fused-ring (bicyclic) bond motifs is 1. The number of benzene rings is 1. The van der Waals surface area contributed by atoms with Gasteiger partial charge in [0.15, 0.2) is 0 Å². The van der Waals surface area contributed by atoms with Crippen LogP contribution in [0.2, 0.25) is 0 Å². The van der Waals surface area contributed by atoms with E-state index in [1.165, 1.54) is 12.0 Å². The molecule has 1 amide bonds. The van der Waals surface area contributed by atoms with Crippen LogP contribution < -0.4 is 4.90 Å². The van der Waals surface area contributed by atoms with E-state index in [1.807, 2.05) is 30.3 Å². The molecule has 2 heterocycles. The largest absolute Gasteiger partial charge is 0.465 e. The number of ether oxygens (including phenoxy) is 2. The number of esters is 1. The predicted molar refractivity (Wildman–Crippen MR) is 93.3 cm³/mol. The van der Waals surface area contributed by atoms with Gasteiger partial charge in [-0.15, -0.1) is 0 Å². The first-order valence-electron chi connectivity index (χ1n) is 7.85. The van der Waals surface area contributed by atoms with Gasteiger partial charge in [-0.2, -0.15) is 0 Å². The predicted octanol–water partition coefficient (Wildman–Crippen LogP) is 3.35. The molecule has 0 fully saturated rings. The Balaban J connectivity index is 1.86. The smallest absolute Gasteiger partial charge is 0.416 e. The Bertz CT molecular complexity index is 831. The third-order valence-electron chi connectivity index (χ3n) is 3.83. The van der Waals surface area contributed by atoms with Gasteiger partial charge in [-0.05, 0) is 18.6 Å². The highest BCUT2D eigenvalue weighted by atomic mass is 16.6. The molecule has 0 atom stereocenters. The van der Waals surface area contributed by atoms with Gasteiger partial charge in [0.25, 0.3) is 0 Å². The van der Waals surface area contributed by atoms with E-state index in [0.29, 0.717) is 29.2 Å². The third-order valence-corrected chi connectivity index (χ3v) is 3.83. The van der Waals surface area contributed by atoms with Crippen molar-refractivity contribution in [3.63, 3.8) is 0 Å². The van der Waals surface area contributed by atoms with E-state index >= 15 is 0 Å². The first-order valence-corrected chi connectivity index (χ1v) is 7.85. The number of aromatic nitrogens is 1.